The minimum absolute atomic E-state index is 0.172. The highest BCUT2D eigenvalue weighted by atomic mass is 35.5. The number of alkyl halides is 3. The second kappa shape index (κ2) is 6.33. The molecule has 2 aromatic rings. The summed E-state index contributed by atoms with van der Waals surface area (Å²) < 4.78 is 37.2. The number of aromatic nitrogens is 2. The third kappa shape index (κ3) is 4.04. The molecule has 0 aliphatic rings. The normalized spacial score (nSPS) is 11.2. The van der Waals surface area contributed by atoms with E-state index in [0.29, 0.717) is 17.4 Å². The van der Waals surface area contributed by atoms with E-state index in [1.807, 2.05) is 0 Å². The molecule has 0 fully saturated rings. The number of carbonyl (C=O) groups is 2. The summed E-state index contributed by atoms with van der Waals surface area (Å²) in [7, 11) is 0. The van der Waals surface area contributed by atoms with Crippen LogP contribution < -0.4 is 5.32 Å². The summed E-state index contributed by atoms with van der Waals surface area (Å²) >= 11 is 5.78. The van der Waals surface area contributed by atoms with Gasteiger partial charge in [0, 0.05) is 10.6 Å². The van der Waals surface area contributed by atoms with Gasteiger partial charge >= 0.3 is 6.18 Å². The molecule has 1 amide bonds. The van der Waals surface area contributed by atoms with Gasteiger partial charge in [-0.2, -0.15) is 13.2 Å². The van der Waals surface area contributed by atoms with Crippen molar-refractivity contribution in [2.75, 3.05) is 5.32 Å². The molecule has 0 aliphatic heterocycles. The van der Waals surface area contributed by atoms with Crippen LogP contribution in [-0.2, 0) is 6.18 Å². The minimum Gasteiger partial charge on any atom is -0.320 e. The number of benzene rings is 1. The van der Waals surface area contributed by atoms with Crippen LogP contribution in [0.25, 0.3) is 0 Å². The Balaban J connectivity index is 2.24. The second-order valence-electron chi connectivity index (χ2n) is 4.48. The lowest BCUT2D eigenvalue weighted by Crippen LogP contribution is -2.17. The van der Waals surface area contributed by atoms with Gasteiger partial charge in [0.05, 0.1) is 18.1 Å². The molecule has 1 aromatic carbocycles. The number of anilines is 1. The predicted octanol–water partition coefficient (Wildman–Crippen LogP) is 3.60. The van der Waals surface area contributed by atoms with Crippen LogP contribution in [0.5, 0.6) is 0 Å². The Morgan fingerprint density at radius 2 is 1.87 bits per heavy atom. The summed E-state index contributed by atoms with van der Waals surface area (Å²) in [5, 5.41) is 2.70. The molecule has 0 unspecified atom stereocenters. The number of hydrogen-bond donors (Lipinski definition) is 1. The summed E-state index contributed by atoms with van der Waals surface area (Å²) in [5.41, 5.74) is -1.17. The van der Waals surface area contributed by atoms with Crippen molar-refractivity contribution < 1.29 is 22.8 Å². The molecule has 1 N–H and O–H groups in total. The van der Waals surface area contributed by atoms with Crippen molar-refractivity contribution in [2.24, 2.45) is 0 Å². The monoisotopic (exact) mass is 343 g/mol. The molecular weight excluding hydrogens is 335 g/mol. The molecule has 5 nitrogen and oxygen atoms in total. The van der Waals surface area contributed by atoms with Gasteiger partial charge in [0.1, 0.15) is 5.69 Å². The number of rotatable bonds is 3. The number of nitrogens with zero attached hydrogens (tertiary/aromatic N) is 2. The molecule has 0 saturated carbocycles. The molecule has 2 rings (SSSR count). The number of nitrogens with one attached hydrogen (secondary N) is 1. The fourth-order valence-corrected chi connectivity index (χ4v) is 1.87. The van der Waals surface area contributed by atoms with Gasteiger partial charge in [-0.1, -0.05) is 11.6 Å². The van der Waals surface area contributed by atoms with Gasteiger partial charge < -0.3 is 5.32 Å². The van der Waals surface area contributed by atoms with Gasteiger partial charge in [0.25, 0.3) is 5.91 Å². The number of amides is 1. The molecule has 9 heteroatoms. The Bertz CT molecular complexity index is 761. The van der Waals surface area contributed by atoms with Crippen molar-refractivity contribution in [2.45, 2.75) is 13.1 Å². The van der Waals surface area contributed by atoms with E-state index in [-0.39, 0.29) is 22.7 Å². The van der Waals surface area contributed by atoms with E-state index in [4.69, 9.17) is 11.6 Å². The van der Waals surface area contributed by atoms with Gasteiger partial charge in [-0.25, -0.2) is 9.97 Å². The summed E-state index contributed by atoms with van der Waals surface area (Å²) in [6, 6.07) is 4.24. The first-order chi connectivity index (χ1) is 10.7. The molecule has 120 valence electrons. The van der Waals surface area contributed by atoms with E-state index < -0.39 is 17.8 Å². The maximum Gasteiger partial charge on any atom is 0.434 e. The average molecular weight is 344 g/mol. The van der Waals surface area contributed by atoms with Crippen molar-refractivity contribution >= 4 is 29.0 Å². The third-order valence-corrected chi connectivity index (χ3v) is 3.02. The quantitative estimate of drug-likeness (QED) is 0.864. The lowest BCUT2D eigenvalue weighted by Gasteiger charge is -2.10. The summed E-state index contributed by atoms with van der Waals surface area (Å²) in [6.07, 6.45) is -3.47. The largest absolute Gasteiger partial charge is 0.434 e. The maximum atomic E-state index is 12.4. The minimum atomic E-state index is -4.64. The van der Waals surface area contributed by atoms with Gasteiger partial charge in [0.15, 0.2) is 11.5 Å². The van der Waals surface area contributed by atoms with Gasteiger partial charge in [0.2, 0.25) is 0 Å². The van der Waals surface area contributed by atoms with E-state index in [2.05, 4.69) is 15.3 Å². The fraction of sp³-hybridized carbons (Fsp3) is 0.143. The Hall–Kier alpha value is -2.48. The van der Waals surface area contributed by atoms with Crippen LogP contribution in [0, 0.1) is 0 Å². The Labute approximate surface area is 133 Å². The van der Waals surface area contributed by atoms with Crippen molar-refractivity contribution in [3.05, 3.63) is 52.6 Å². The molecular formula is C14H9ClF3N3O2. The average Bonchev–Trinajstić information content (AvgIpc) is 2.48. The first-order valence-electron chi connectivity index (χ1n) is 6.19. The van der Waals surface area contributed by atoms with Crippen LogP contribution in [0.2, 0.25) is 5.02 Å². The molecule has 0 atom stereocenters. The molecule has 0 aliphatic carbocycles. The predicted molar refractivity (Wildman–Crippen MR) is 76.4 cm³/mol. The van der Waals surface area contributed by atoms with Crippen molar-refractivity contribution in [1.29, 1.82) is 0 Å². The van der Waals surface area contributed by atoms with Gasteiger partial charge in [-0.05, 0) is 25.1 Å². The lowest BCUT2D eigenvalue weighted by molar-refractivity contribution is -0.141. The smallest absolute Gasteiger partial charge is 0.320 e. The molecule has 1 heterocycles. The summed E-state index contributed by atoms with van der Waals surface area (Å²) in [5.74, 6) is -1.13. The first kappa shape index (κ1) is 16.9. The highest BCUT2D eigenvalue weighted by Gasteiger charge is 2.33. The zero-order chi connectivity index (χ0) is 17.2. The van der Waals surface area contributed by atoms with Crippen molar-refractivity contribution in [3.8, 4) is 0 Å². The molecule has 0 spiro atoms. The maximum absolute atomic E-state index is 12.4. The number of halogens is 4. The van der Waals surface area contributed by atoms with E-state index in [1.165, 1.54) is 25.1 Å². The van der Waals surface area contributed by atoms with E-state index in [0.717, 1.165) is 0 Å². The SMILES string of the molecule is CC(=O)c1cc(Cl)ccc1NC(=O)c1cnc(C(F)(F)F)cn1. The number of hydrogen-bond acceptors (Lipinski definition) is 4. The Kier molecular flexibility index (Phi) is 4.65. The topological polar surface area (TPSA) is 72.0 Å². The highest BCUT2D eigenvalue weighted by Crippen LogP contribution is 2.26. The van der Waals surface area contributed by atoms with Crippen LogP contribution >= 0.6 is 11.6 Å². The van der Waals surface area contributed by atoms with Crippen LogP contribution in [0.4, 0.5) is 18.9 Å². The van der Waals surface area contributed by atoms with Crippen molar-refractivity contribution in [1.82, 2.24) is 9.97 Å². The zero-order valence-electron chi connectivity index (χ0n) is 11.6. The van der Waals surface area contributed by atoms with E-state index >= 15 is 0 Å². The van der Waals surface area contributed by atoms with Crippen LogP contribution in [0.15, 0.2) is 30.6 Å². The molecule has 23 heavy (non-hydrogen) atoms. The standard InChI is InChI=1S/C14H9ClF3N3O2/c1-7(22)9-4-8(15)2-3-10(9)21-13(23)11-5-20-12(6-19-11)14(16,17)18/h2-6H,1H3,(H,21,23). The Morgan fingerprint density at radius 1 is 1.17 bits per heavy atom. The summed E-state index contributed by atoms with van der Waals surface area (Å²) in [4.78, 5) is 30.1. The van der Waals surface area contributed by atoms with E-state index in [1.54, 1.807) is 0 Å². The van der Waals surface area contributed by atoms with Crippen LogP contribution in [0.3, 0.4) is 0 Å². The third-order valence-electron chi connectivity index (χ3n) is 2.78. The Morgan fingerprint density at radius 3 is 2.39 bits per heavy atom. The van der Waals surface area contributed by atoms with E-state index in [9.17, 15) is 22.8 Å². The molecule has 0 bridgehead atoms. The zero-order valence-corrected chi connectivity index (χ0v) is 12.4. The van der Waals surface area contributed by atoms with Crippen LogP contribution in [0.1, 0.15) is 33.5 Å². The number of carbonyl (C=O) groups excluding carboxylic acids is 2. The van der Waals surface area contributed by atoms with Gasteiger partial charge in [-0.3, -0.25) is 9.59 Å². The van der Waals surface area contributed by atoms with Crippen molar-refractivity contribution in [3.63, 3.8) is 0 Å². The number of Topliss-reactive ketones (excluding diaryl/α,β-unsaturated/α-hetero) is 1. The van der Waals surface area contributed by atoms with Crippen LogP contribution in [-0.4, -0.2) is 21.7 Å². The summed E-state index contributed by atoms with van der Waals surface area (Å²) in [6.45, 7) is 1.29. The second-order valence-corrected chi connectivity index (χ2v) is 4.92. The van der Waals surface area contributed by atoms with Gasteiger partial charge in [-0.15, -0.1) is 0 Å². The number of ketones is 1. The fourth-order valence-electron chi connectivity index (χ4n) is 1.69. The lowest BCUT2D eigenvalue weighted by atomic mass is 10.1. The highest BCUT2D eigenvalue weighted by molar-refractivity contribution is 6.31. The molecule has 1 aromatic heterocycles. The molecule has 0 radical (unpaired) electrons. The first-order valence-corrected chi connectivity index (χ1v) is 6.57. The molecule has 0 saturated heterocycles.